The highest BCUT2D eigenvalue weighted by molar-refractivity contribution is 5.93. The number of nitrogens with zero attached hydrogens (tertiary/aromatic N) is 3. The molecule has 0 atom stereocenters. The van der Waals surface area contributed by atoms with Gasteiger partial charge in [-0.05, 0) is 62.2 Å². The van der Waals surface area contributed by atoms with Crippen LogP contribution in [0.3, 0.4) is 0 Å². The first-order valence-corrected chi connectivity index (χ1v) is 10.1. The van der Waals surface area contributed by atoms with E-state index in [1.165, 1.54) is 0 Å². The molecular formula is C23H24N6O2. The third kappa shape index (κ3) is 4.18. The van der Waals surface area contributed by atoms with Gasteiger partial charge in [0.05, 0.1) is 5.52 Å². The molecule has 0 bridgehead atoms. The summed E-state index contributed by atoms with van der Waals surface area (Å²) in [5, 5.41) is 13.7. The maximum absolute atomic E-state index is 12.5. The molecule has 31 heavy (non-hydrogen) atoms. The highest BCUT2D eigenvalue weighted by Gasteiger charge is 2.15. The molecule has 0 saturated heterocycles. The predicted molar refractivity (Wildman–Crippen MR) is 121 cm³/mol. The zero-order valence-corrected chi connectivity index (χ0v) is 17.7. The standard InChI is InChI=1S/C23H24N6O2/c1-14-18(15(2)29-22(25-14)19-6-4-5-7-20(19)28-29)12-13-21(30)26-16-8-10-17(11-9-16)27-23(31)24-3/h4-11H,12-13H2,1-3H3,(H,26,30)(H2,24,27,31). The van der Waals surface area contributed by atoms with Crippen LogP contribution in [0, 0.1) is 13.8 Å². The number of carbonyl (C=O) groups excluding carboxylic acids is 2. The number of carbonyl (C=O) groups is 2. The van der Waals surface area contributed by atoms with E-state index in [1.807, 2.05) is 42.6 Å². The third-order valence-electron chi connectivity index (χ3n) is 5.27. The minimum absolute atomic E-state index is 0.0865. The second kappa shape index (κ2) is 8.43. The van der Waals surface area contributed by atoms with Gasteiger partial charge >= 0.3 is 6.03 Å². The van der Waals surface area contributed by atoms with Gasteiger partial charge < -0.3 is 16.0 Å². The maximum atomic E-state index is 12.5. The average molecular weight is 416 g/mol. The fourth-order valence-electron chi connectivity index (χ4n) is 3.63. The molecule has 8 nitrogen and oxygen atoms in total. The van der Waals surface area contributed by atoms with Crippen LogP contribution in [0.5, 0.6) is 0 Å². The Labute approximate surface area is 179 Å². The second-order valence-electron chi connectivity index (χ2n) is 7.34. The van der Waals surface area contributed by atoms with E-state index in [9.17, 15) is 9.59 Å². The zero-order chi connectivity index (χ0) is 22.0. The topological polar surface area (TPSA) is 100 Å². The van der Waals surface area contributed by atoms with Crippen molar-refractivity contribution in [3.63, 3.8) is 0 Å². The van der Waals surface area contributed by atoms with Gasteiger partial charge in [0.1, 0.15) is 0 Å². The van der Waals surface area contributed by atoms with E-state index >= 15 is 0 Å². The van der Waals surface area contributed by atoms with Crippen LogP contribution in [0.1, 0.15) is 23.4 Å². The molecule has 158 valence electrons. The van der Waals surface area contributed by atoms with Gasteiger partial charge in [-0.3, -0.25) is 4.79 Å². The van der Waals surface area contributed by atoms with E-state index in [1.54, 1.807) is 31.3 Å². The summed E-state index contributed by atoms with van der Waals surface area (Å²) in [5.41, 5.74) is 6.00. The summed E-state index contributed by atoms with van der Waals surface area (Å²) < 4.78 is 1.86. The summed E-state index contributed by atoms with van der Waals surface area (Å²) in [6, 6.07) is 14.6. The normalized spacial score (nSPS) is 10.9. The number of benzene rings is 2. The van der Waals surface area contributed by atoms with Crippen molar-refractivity contribution in [3.8, 4) is 0 Å². The Hall–Kier alpha value is -3.94. The van der Waals surface area contributed by atoms with Gasteiger partial charge in [-0.25, -0.2) is 14.3 Å². The van der Waals surface area contributed by atoms with E-state index in [0.29, 0.717) is 24.2 Å². The molecule has 0 unspecified atom stereocenters. The number of hydrogen-bond donors (Lipinski definition) is 3. The number of aryl methyl sites for hydroxylation is 2. The predicted octanol–water partition coefficient (Wildman–Crippen LogP) is 3.82. The molecule has 0 aliphatic heterocycles. The van der Waals surface area contributed by atoms with Crippen molar-refractivity contribution in [1.29, 1.82) is 0 Å². The Morgan fingerprint density at radius 3 is 2.35 bits per heavy atom. The molecular weight excluding hydrogens is 392 g/mol. The Morgan fingerprint density at radius 1 is 0.968 bits per heavy atom. The van der Waals surface area contributed by atoms with Crippen LogP contribution in [0.2, 0.25) is 0 Å². The van der Waals surface area contributed by atoms with Crippen LogP contribution in [-0.4, -0.2) is 33.6 Å². The Balaban J connectivity index is 1.45. The summed E-state index contributed by atoms with van der Waals surface area (Å²) in [7, 11) is 1.55. The van der Waals surface area contributed by atoms with E-state index in [0.717, 1.165) is 33.5 Å². The lowest BCUT2D eigenvalue weighted by atomic mass is 10.1. The van der Waals surface area contributed by atoms with Crippen LogP contribution >= 0.6 is 0 Å². The van der Waals surface area contributed by atoms with Crippen LogP contribution in [0.4, 0.5) is 16.2 Å². The van der Waals surface area contributed by atoms with Gasteiger partial charge in [0.15, 0.2) is 5.65 Å². The van der Waals surface area contributed by atoms with E-state index < -0.39 is 0 Å². The monoisotopic (exact) mass is 416 g/mol. The largest absolute Gasteiger partial charge is 0.341 e. The molecule has 4 rings (SSSR count). The summed E-state index contributed by atoms with van der Waals surface area (Å²) in [6.07, 6.45) is 0.896. The Morgan fingerprint density at radius 2 is 1.65 bits per heavy atom. The number of hydrogen-bond acceptors (Lipinski definition) is 4. The first-order valence-electron chi connectivity index (χ1n) is 10.1. The number of fused-ring (bicyclic) bond motifs is 3. The minimum Gasteiger partial charge on any atom is -0.341 e. The molecule has 3 amide bonds. The fraction of sp³-hybridized carbons (Fsp3) is 0.217. The number of aromatic nitrogens is 3. The van der Waals surface area contributed by atoms with Gasteiger partial charge in [-0.1, -0.05) is 12.1 Å². The molecule has 2 heterocycles. The molecule has 2 aromatic heterocycles. The molecule has 0 aliphatic carbocycles. The molecule has 4 aromatic rings. The van der Waals surface area contributed by atoms with E-state index in [4.69, 9.17) is 4.98 Å². The molecule has 2 aromatic carbocycles. The number of amides is 3. The summed E-state index contributed by atoms with van der Waals surface area (Å²) >= 11 is 0. The SMILES string of the molecule is CNC(=O)Nc1ccc(NC(=O)CCc2c(C)nc3c4ccccc4nn3c2C)cc1. The van der Waals surface area contributed by atoms with Crippen LogP contribution in [0.15, 0.2) is 48.5 Å². The molecule has 0 fully saturated rings. The molecule has 0 saturated carbocycles. The van der Waals surface area contributed by atoms with Crippen molar-refractivity contribution in [2.75, 3.05) is 17.7 Å². The lowest BCUT2D eigenvalue weighted by Gasteiger charge is -2.11. The zero-order valence-electron chi connectivity index (χ0n) is 17.7. The van der Waals surface area contributed by atoms with Gasteiger partial charge in [-0.2, -0.15) is 5.10 Å². The molecule has 8 heteroatoms. The first-order chi connectivity index (χ1) is 15.0. The highest BCUT2D eigenvalue weighted by Crippen LogP contribution is 2.23. The van der Waals surface area contributed by atoms with Crippen molar-refractivity contribution < 1.29 is 9.59 Å². The van der Waals surface area contributed by atoms with Gasteiger partial charge in [0, 0.05) is 41.6 Å². The van der Waals surface area contributed by atoms with Gasteiger partial charge in [0.25, 0.3) is 0 Å². The number of urea groups is 1. The van der Waals surface area contributed by atoms with E-state index in [2.05, 4.69) is 21.0 Å². The quantitative estimate of drug-likeness (QED) is 0.460. The first kappa shape index (κ1) is 20.3. The molecule has 0 aliphatic rings. The molecule has 0 spiro atoms. The summed E-state index contributed by atoms with van der Waals surface area (Å²) in [6.45, 7) is 3.99. The number of anilines is 2. The van der Waals surface area contributed by atoms with Crippen LogP contribution in [0.25, 0.3) is 16.6 Å². The van der Waals surface area contributed by atoms with Crippen molar-refractivity contribution in [2.24, 2.45) is 0 Å². The van der Waals surface area contributed by atoms with Gasteiger partial charge in [0.2, 0.25) is 5.91 Å². The Kier molecular flexibility index (Phi) is 5.53. The lowest BCUT2D eigenvalue weighted by Crippen LogP contribution is -2.24. The van der Waals surface area contributed by atoms with E-state index in [-0.39, 0.29) is 11.9 Å². The molecule has 0 radical (unpaired) electrons. The Bertz CT molecular complexity index is 1280. The number of nitrogens with one attached hydrogen (secondary N) is 3. The third-order valence-corrected chi connectivity index (χ3v) is 5.27. The fourth-order valence-corrected chi connectivity index (χ4v) is 3.63. The van der Waals surface area contributed by atoms with Crippen molar-refractivity contribution in [2.45, 2.75) is 26.7 Å². The van der Waals surface area contributed by atoms with Crippen molar-refractivity contribution in [1.82, 2.24) is 19.9 Å². The maximum Gasteiger partial charge on any atom is 0.318 e. The average Bonchev–Trinajstić information content (AvgIpc) is 3.13. The number of rotatable bonds is 5. The van der Waals surface area contributed by atoms with Crippen LogP contribution < -0.4 is 16.0 Å². The van der Waals surface area contributed by atoms with Gasteiger partial charge in [-0.15, -0.1) is 0 Å². The highest BCUT2D eigenvalue weighted by atomic mass is 16.2. The van der Waals surface area contributed by atoms with Crippen molar-refractivity contribution >= 4 is 39.9 Å². The summed E-state index contributed by atoms with van der Waals surface area (Å²) in [4.78, 5) is 28.6. The van der Waals surface area contributed by atoms with Crippen molar-refractivity contribution in [3.05, 3.63) is 65.5 Å². The smallest absolute Gasteiger partial charge is 0.318 e. The second-order valence-corrected chi connectivity index (χ2v) is 7.34. The lowest BCUT2D eigenvalue weighted by molar-refractivity contribution is -0.116. The summed E-state index contributed by atoms with van der Waals surface area (Å²) in [5.74, 6) is -0.0865. The molecule has 3 N–H and O–H groups in total. The minimum atomic E-state index is -0.293. The van der Waals surface area contributed by atoms with Crippen LogP contribution in [-0.2, 0) is 11.2 Å².